The molecule has 5 aromatic heterocycles. The van der Waals surface area contributed by atoms with Crippen LogP contribution < -0.4 is 5.32 Å². The lowest BCUT2D eigenvalue weighted by molar-refractivity contribution is -0.120. The smallest absolute Gasteiger partial charge is 0.226 e. The second kappa shape index (κ2) is 8.00. The summed E-state index contributed by atoms with van der Waals surface area (Å²) in [4.78, 5) is 21.4. The SMILES string of the molecule is O=C(Cc1ncn2ccc(Cl)cc12)NCc1cn(Cc2cn3cc(C4CC4)ccc3n2)nn1. The first kappa shape index (κ1) is 19.9. The number of hydrogen-bond acceptors (Lipinski definition) is 5. The molecule has 0 unspecified atom stereocenters. The van der Waals surface area contributed by atoms with Gasteiger partial charge in [-0.2, -0.15) is 0 Å². The van der Waals surface area contributed by atoms with Crippen molar-refractivity contribution in [2.75, 3.05) is 0 Å². The largest absolute Gasteiger partial charge is 0.350 e. The highest BCUT2D eigenvalue weighted by Gasteiger charge is 2.23. The minimum absolute atomic E-state index is 0.142. The number of imidazole rings is 2. The third kappa shape index (κ3) is 4.19. The summed E-state index contributed by atoms with van der Waals surface area (Å²) in [5, 5.41) is 11.8. The Labute approximate surface area is 194 Å². The highest BCUT2D eigenvalue weighted by atomic mass is 35.5. The van der Waals surface area contributed by atoms with Crippen molar-refractivity contribution in [3.8, 4) is 0 Å². The Bertz CT molecular complexity index is 1480. The molecule has 0 atom stereocenters. The van der Waals surface area contributed by atoms with E-state index in [2.05, 4.69) is 48.3 Å². The topological polar surface area (TPSA) is 94.4 Å². The van der Waals surface area contributed by atoms with Crippen molar-refractivity contribution >= 4 is 28.7 Å². The molecular weight excluding hydrogens is 440 g/mol. The van der Waals surface area contributed by atoms with Crippen molar-refractivity contribution in [3.63, 3.8) is 0 Å². The lowest BCUT2D eigenvalue weighted by Crippen LogP contribution is -2.25. The Morgan fingerprint density at radius 1 is 1.12 bits per heavy atom. The van der Waals surface area contributed by atoms with Crippen LogP contribution in [0.1, 0.15) is 41.4 Å². The molecule has 166 valence electrons. The van der Waals surface area contributed by atoms with E-state index in [0.717, 1.165) is 16.9 Å². The van der Waals surface area contributed by atoms with E-state index in [-0.39, 0.29) is 12.3 Å². The number of pyridine rings is 2. The summed E-state index contributed by atoms with van der Waals surface area (Å²) >= 11 is 6.07. The molecule has 1 aliphatic rings. The van der Waals surface area contributed by atoms with Gasteiger partial charge in [-0.1, -0.05) is 22.9 Å². The van der Waals surface area contributed by atoms with E-state index in [1.807, 2.05) is 23.0 Å². The number of carbonyl (C=O) groups excluding carboxylic acids is 1. The van der Waals surface area contributed by atoms with Crippen LogP contribution >= 0.6 is 11.6 Å². The highest BCUT2D eigenvalue weighted by molar-refractivity contribution is 6.30. The molecule has 5 aromatic rings. The number of amides is 1. The molecule has 9 nitrogen and oxygen atoms in total. The molecule has 1 amide bonds. The molecule has 0 aromatic carbocycles. The van der Waals surface area contributed by atoms with Gasteiger partial charge in [0, 0.05) is 23.6 Å². The quantitative estimate of drug-likeness (QED) is 0.403. The van der Waals surface area contributed by atoms with Gasteiger partial charge in [0.15, 0.2) is 0 Å². The second-order valence-corrected chi connectivity index (χ2v) is 8.86. The van der Waals surface area contributed by atoms with E-state index in [9.17, 15) is 4.79 Å². The molecule has 33 heavy (non-hydrogen) atoms. The molecule has 0 saturated heterocycles. The number of nitrogens with zero attached hydrogens (tertiary/aromatic N) is 7. The van der Waals surface area contributed by atoms with Crippen molar-refractivity contribution < 1.29 is 4.79 Å². The molecule has 6 rings (SSSR count). The number of aromatic nitrogens is 7. The van der Waals surface area contributed by atoms with Gasteiger partial charge in [-0.05, 0) is 42.5 Å². The van der Waals surface area contributed by atoms with Gasteiger partial charge in [0.25, 0.3) is 0 Å². The van der Waals surface area contributed by atoms with Gasteiger partial charge in [0.1, 0.15) is 11.3 Å². The number of halogens is 1. The van der Waals surface area contributed by atoms with Crippen LogP contribution in [0, 0.1) is 0 Å². The van der Waals surface area contributed by atoms with Crippen molar-refractivity contribution in [2.45, 2.75) is 38.3 Å². The maximum atomic E-state index is 12.4. The summed E-state index contributed by atoms with van der Waals surface area (Å²) < 4.78 is 5.65. The van der Waals surface area contributed by atoms with E-state index in [1.54, 1.807) is 23.1 Å². The van der Waals surface area contributed by atoms with Crippen LogP contribution in [-0.4, -0.2) is 39.7 Å². The molecular formula is C23H21ClN8O. The maximum absolute atomic E-state index is 12.4. The number of carbonyl (C=O) groups is 1. The summed E-state index contributed by atoms with van der Waals surface area (Å²) in [5.74, 6) is 0.565. The van der Waals surface area contributed by atoms with E-state index < -0.39 is 0 Å². The minimum atomic E-state index is -0.142. The predicted molar refractivity (Wildman–Crippen MR) is 122 cm³/mol. The molecule has 1 N–H and O–H groups in total. The van der Waals surface area contributed by atoms with Crippen LogP contribution in [0.15, 0.2) is 55.4 Å². The van der Waals surface area contributed by atoms with E-state index in [1.165, 1.54) is 18.4 Å². The normalized spacial score (nSPS) is 13.7. The summed E-state index contributed by atoms with van der Waals surface area (Å²) in [7, 11) is 0. The number of rotatable bonds is 7. The van der Waals surface area contributed by atoms with Gasteiger partial charge in [-0.3, -0.25) is 4.79 Å². The average Bonchev–Trinajstić information content (AvgIpc) is 3.25. The molecule has 0 bridgehead atoms. The van der Waals surface area contributed by atoms with Crippen LogP contribution in [0.2, 0.25) is 5.02 Å². The monoisotopic (exact) mass is 460 g/mol. The van der Waals surface area contributed by atoms with Crippen LogP contribution in [0.3, 0.4) is 0 Å². The number of fused-ring (bicyclic) bond motifs is 2. The van der Waals surface area contributed by atoms with Gasteiger partial charge in [-0.25, -0.2) is 14.6 Å². The van der Waals surface area contributed by atoms with E-state index in [0.29, 0.717) is 35.4 Å². The van der Waals surface area contributed by atoms with Crippen LogP contribution in [-0.2, 0) is 24.3 Å². The number of hydrogen-bond donors (Lipinski definition) is 1. The van der Waals surface area contributed by atoms with Crippen LogP contribution in [0.5, 0.6) is 0 Å². The molecule has 10 heteroatoms. The molecule has 1 aliphatic carbocycles. The van der Waals surface area contributed by atoms with E-state index >= 15 is 0 Å². The molecule has 0 spiro atoms. The van der Waals surface area contributed by atoms with Gasteiger partial charge in [0.2, 0.25) is 5.91 Å². The summed E-state index contributed by atoms with van der Waals surface area (Å²) in [6.45, 7) is 0.810. The fourth-order valence-electron chi connectivity index (χ4n) is 4.01. The molecule has 5 heterocycles. The highest BCUT2D eigenvalue weighted by Crippen LogP contribution is 2.39. The Balaban J connectivity index is 1.07. The van der Waals surface area contributed by atoms with Crippen molar-refractivity contribution in [1.82, 2.24) is 39.1 Å². The fourth-order valence-corrected chi connectivity index (χ4v) is 4.17. The lowest BCUT2D eigenvalue weighted by atomic mass is 10.2. The third-order valence-electron chi connectivity index (χ3n) is 5.86. The molecule has 1 saturated carbocycles. The zero-order valence-corrected chi connectivity index (χ0v) is 18.5. The molecule has 0 aliphatic heterocycles. The fraction of sp³-hybridized carbons (Fsp3) is 0.261. The third-order valence-corrected chi connectivity index (χ3v) is 6.09. The number of nitrogens with one attached hydrogen (secondary N) is 1. The molecule has 1 fully saturated rings. The Hall–Kier alpha value is -3.72. The van der Waals surface area contributed by atoms with Crippen molar-refractivity contribution in [1.29, 1.82) is 0 Å². The van der Waals surface area contributed by atoms with Crippen LogP contribution in [0.25, 0.3) is 11.2 Å². The maximum Gasteiger partial charge on any atom is 0.226 e. The Kier molecular flexibility index (Phi) is 4.83. The first-order valence-corrected chi connectivity index (χ1v) is 11.2. The predicted octanol–water partition coefficient (Wildman–Crippen LogP) is 3.01. The minimum Gasteiger partial charge on any atom is -0.350 e. The zero-order valence-electron chi connectivity index (χ0n) is 17.7. The second-order valence-electron chi connectivity index (χ2n) is 8.42. The summed E-state index contributed by atoms with van der Waals surface area (Å²) in [5.41, 5.74) is 5.39. The first-order chi connectivity index (χ1) is 16.1. The van der Waals surface area contributed by atoms with Gasteiger partial charge in [0.05, 0.1) is 48.9 Å². The molecule has 0 radical (unpaired) electrons. The Morgan fingerprint density at radius 2 is 2.03 bits per heavy atom. The summed E-state index contributed by atoms with van der Waals surface area (Å²) in [6.07, 6.45) is 12.2. The van der Waals surface area contributed by atoms with Crippen molar-refractivity contribution in [3.05, 3.63) is 83.0 Å². The average molecular weight is 461 g/mol. The zero-order chi connectivity index (χ0) is 22.4. The van der Waals surface area contributed by atoms with Crippen molar-refractivity contribution in [2.24, 2.45) is 0 Å². The lowest BCUT2D eigenvalue weighted by Gasteiger charge is -2.02. The van der Waals surface area contributed by atoms with Crippen LogP contribution in [0.4, 0.5) is 0 Å². The first-order valence-electron chi connectivity index (χ1n) is 10.8. The summed E-state index contributed by atoms with van der Waals surface area (Å²) in [6, 6.07) is 7.81. The van der Waals surface area contributed by atoms with E-state index in [4.69, 9.17) is 11.6 Å². The van der Waals surface area contributed by atoms with Gasteiger partial charge < -0.3 is 14.1 Å². The Morgan fingerprint density at radius 3 is 2.91 bits per heavy atom. The van der Waals surface area contributed by atoms with Gasteiger partial charge >= 0.3 is 0 Å². The standard InChI is InChI=1S/C23H21ClN8O/c24-17-5-6-30-14-26-20(21(30)7-17)8-23(33)25-9-18-12-32(29-28-18)13-19-11-31-10-16(15-1-2-15)3-4-22(31)27-19/h3-7,10-12,14-15H,1-2,8-9,13H2,(H,25,33). The van der Waals surface area contributed by atoms with Gasteiger partial charge in [-0.15, -0.1) is 5.10 Å².